The molecule has 2 aromatic carbocycles. The molecule has 0 atom stereocenters. The van der Waals surface area contributed by atoms with Crippen LogP contribution in [0.1, 0.15) is 11.1 Å². The Morgan fingerprint density at radius 1 is 1.08 bits per heavy atom. The van der Waals surface area contributed by atoms with Crippen LogP contribution in [0.3, 0.4) is 0 Å². The summed E-state index contributed by atoms with van der Waals surface area (Å²) >= 11 is 6.43. The Labute approximate surface area is 143 Å². The van der Waals surface area contributed by atoms with E-state index in [0.29, 0.717) is 11.1 Å². The van der Waals surface area contributed by atoms with Gasteiger partial charge in [0.15, 0.2) is 5.70 Å². The van der Waals surface area contributed by atoms with Crippen LogP contribution >= 0.6 is 11.6 Å². The number of nitrogens with zero attached hydrogens (tertiary/aromatic N) is 2. The van der Waals surface area contributed by atoms with Gasteiger partial charge in [-0.15, -0.1) is 0 Å². The summed E-state index contributed by atoms with van der Waals surface area (Å²) in [6.45, 7) is 0. The molecular formula is C19H13ClN2O2. The average Bonchev–Trinajstić information content (AvgIpc) is 3.10. The molecule has 0 amide bonds. The van der Waals surface area contributed by atoms with Crippen molar-refractivity contribution in [3.63, 3.8) is 0 Å². The van der Waals surface area contributed by atoms with Gasteiger partial charge in [0.25, 0.3) is 0 Å². The Balaban J connectivity index is 1.83. The van der Waals surface area contributed by atoms with Crippen LogP contribution in [0.25, 0.3) is 17.0 Å². The van der Waals surface area contributed by atoms with E-state index in [-0.39, 0.29) is 5.70 Å². The second-order valence-electron chi connectivity index (χ2n) is 5.48. The molecule has 0 unspecified atom stereocenters. The minimum atomic E-state index is -0.474. The van der Waals surface area contributed by atoms with Gasteiger partial charge in [0.1, 0.15) is 5.15 Å². The molecule has 3 aromatic rings. The first-order chi connectivity index (χ1) is 11.6. The van der Waals surface area contributed by atoms with E-state index in [1.807, 2.05) is 66.2 Å². The number of hydrogen-bond donors (Lipinski definition) is 0. The first kappa shape index (κ1) is 14.7. The number of esters is 1. The molecule has 1 aliphatic heterocycles. The summed E-state index contributed by atoms with van der Waals surface area (Å²) in [5.41, 5.74) is 2.76. The molecule has 118 valence electrons. The summed E-state index contributed by atoms with van der Waals surface area (Å²) in [4.78, 5) is 16.5. The second kappa shape index (κ2) is 5.65. The number of aromatic nitrogens is 1. The van der Waals surface area contributed by atoms with Crippen LogP contribution in [0.4, 0.5) is 0 Å². The fourth-order valence-corrected chi connectivity index (χ4v) is 3.03. The predicted octanol–water partition coefficient (Wildman–Crippen LogP) is 4.18. The number of hydrogen-bond acceptors (Lipinski definition) is 3. The van der Waals surface area contributed by atoms with E-state index >= 15 is 0 Å². The van der Waals surface area contributed by atoms with E-state index in [1.54, 1.807) is 6.08 Å². The summed E-state index contributed by atoms with van der Waals surface area (Å²) in [7, 11) is 1.89. The summed E-state index contributed by atoms with van der Waals surface area (Å²) in [5.74, 6) is -0.166. The zero-order chi connectivity index (χ0) is 16.7. The molecule has 5 heteroatoms. The molecule has 2 heterocycles. The highest BCUT2D eigenvalue weighted by Crippen LogP contribution is 2.32. The minimum Gasteiger partial charge on any atom is -0.402 e. The van der Waals surface area contributed by atoms with Gasteiger partial charge in [0.2, 0.25) is 5.90 Å². The van der Waals surface area contributed by atoms with Crippen LogP contribution in [-0.2, 0) is 16.6 Å². The first-order valence-corrected chi connectivity index (χ1v) is 7.84. The normalized spacial score (nSPS) is 15.8. The zero-order valence-corrected chi connectivity index (χ0v) is 13.6. The fraction of sp³-hybridized carbons (Fsp3) is 0.0526. The lowest BCUT2D eigenvalue weighted by atomic mass is 10.1. The number of aryl methyl sites for hydroxylation is 1. The van der Waals surface area contributed by atoms with E-state index in [0.717, 1.165) is 22.0 Å². The maximum Gasteiger partial charge on any atom is 0.363 e. The van der Waals surface area contributed by atoms with Crippen molar-refractivity contribution < 1.29 is 9.53 Å². The van der Waals surface area contributed by atoms with Crippen LogP contribution in [0, 0.1) is 0 Å². The van der Waals surface area contributed by atoms with Crippen LogP contribution in [-0.4, -0.2) is 16.4 Å². The van der Waals surface area contributed by atoms with Gasteiger partial charge in [-0.05, 0) is 24.3 Å². The van der Waals surface area contributed by atoms with Gasteiger partial charge in [-0.25, -0.2) is 9.79 Å². The number of fused-ring (bicyclic) bond motifs is 1. The quantitative estimate of drug-likeness (QED) is 0.520. The van der Waals surface area contributed by atoms with Crippen molar-refractivity contribution in [2.24, 2.45) is 12.0 Å². The molecule has 1 aromatic heterocycles. The summed E-state index contributed by atoms with van der Waals surface area (Å²) < 4.78 is 7.16. The van der Waals surface area contributed by atoms with Gasteiger partial charge in [-0.3, -0.25) is 0 Å². The van der Waals surface area contributed by atoms with Crippen LogP contribution < -0.4 is 0 Å². The van der Waals surface area contributed by atoms with E-state index in [4.69, 9.17) is 16.3 Å². The molecule has 0 radical (unpaired) electrons. The minimum absolute atomic E-state index is 0.243. The number of ether oxygens (including phenoxy) is 1. The highest BCUT2D eigenvalue weighted by Gasteiger charge is 2.25. The predicted molar refractivity (Wildman–Crippen MR) is 95.0 cm³/mol. The molecule has 0 saturated heterocycles. The lowest BCUT2D eigenvalue weighted by Gasteiger charge is -1.97. The van der Waals surface area contributed by atoms with Crippen molar-refractivity contribution in [3.05, 3.63) is 76.6 Å². The monoisotopic (exact) mass is 336 g/mol. The zero-order valence-electron chi connectivity index (χ0n) is 12.9. The Kier molecular flexibility index (Phi) is 3.47. The summed E-state index contributed by atoms with van der Waals surface area (Å²) in [6.07, 6.45) is 1.68. The molecule has 4 nitrogen and oxygen atoms in total. The number of carbonyl (C=O) groups is 1. The number of aliphatic imine (C=N–C) groups is 1. The Bertz CT molecular complexity index is 1020. The second-order valence-corrected chi connectivity index (χ2v) is 5.84. The Morgan fingerprint density at radius 2 is 1.79 bits per heavy atom. The topological polar surface area (TPSA) is 43.6 Å². The molecule has 0 saturated carbocycles. The standard InChI is InChI=1S/C19H13ClN2O2/c1-22-16-10-6-5-9-13(16)14(17(22)20)11-15-19(23)24-18(21-15)12-7-3-2-4-8-12/h2-11H,1H3. The Morgan fingerprint density at radius 3 is 2.58 bits per heavy atom. The molecule has 0 N–H and O–H groups in total. The van der Waals surface area contributed by atoms with Crippen LogP contribution in [0.15, 0.2) is 65.3 Å². The summed E-state index contributed by atoms with van der Waals surface area (Å²) in [6, 6.07) is 17.2. The first-order valence-electron chi connectivity index (χ1n) is 7.46. The van der Waals surface area contributed by atoms with E-state index in [1.165, 1.54) is 0 Å². The number of halogens is 1. The highest BCUT2D eigenvalue weighted by molar-refractivity contribution is 6.33. The molecular weight excluding hydrogens is 324 g/mol. The number of para-hydroxylation sites is 1. The smallest absolute Gasteiger partial charge is 0.363 e. The SMILES string of the molecule is Cn1c(Cl)c(C=C2N=C(c3ccccc3)OC2=O)c2ccccc21. The van der Waals surface area contributed by atoms with E-state index < -0.39 is 5.97 Å². The van der Waals surface area contributed by atoms with Gasteiger partial charge in [-0.1, -0.05) is 48.0 Å². The lowest BCUT2D eigenvalue weighted by molar-refractivity contribution is -0.129. The van der Waals surface area contributed by atoms with Crippen molar-refractivity contribution in [2.45, 2.75) is 0 Å². The average molecular weight is 337 g/mol. The molecule has 0 fully saturated rings. The van der Waals surface area contributed by atoms with Crippen molar-refractivity contribution in [1.82, 2.24) is 4.57 Å². The third-order valence-corrected chi connectivity index (χ3v) is 4.45. The van der Waals surface area contributed by atoms with Crippen LogP contribution in [0.2, 0.25) is 5.15 Å². The van der Waals surface area contributed by atoms with Crippen molar-refractivity contribution in [1.29, 1.82) is 0 Å². The van der Waals surface area contributed by atoms with Gasteiger partial charge in [0.05, 0.1) is 0 Å². The molecule has 0 spiro atoms. The van der Waals surface area contributed by atoms with Gasteiger partial charge in [-0.2, -0.15) is 0 Å². The maximum absolute atomic E-state index is 12.2. The van der Waals surface area contributed by atoms with Crippen molar-refractivity contribution >= 4 is 40.4 Å². The number of cyclic esters (lactones) is 1. The lowest BCUT2D eigenvalue weighted by Crippen LogP contribution is -2.04. The van der Waals surface area contributed by atoms with E-state index in [2.05, 4.69) is 4.99 Å². The number of rotatable bonds is 2. The van der Waals surface area contributed by atoms with Crippen molar-refractivity contribution in [3.8, 4) is 0 Å². The van der Waals surface area contributed by atoms with Gasteiger partial charge < -0.3 is 9.30 Å². The van der Waals surface area contributed by atoms with Crippen molar-refractivity contribution in [2.75, 3.05) is 0 Å². The summed E-state index contributed by atoms with van der Waals surface area (Å²) in [5, 5.41) is 1.52. The molecule has 24 heavy (non-hydrogen) atoms. The number of benzene rings is 2. The molecule has 1 aliphatic rings. The third kappa shape index (κ3) is 2.32. The number of carbonyl (C=O) groups excluding carboxylic acids is 1. The maximum atomic E-state index is 12.2. The van der Waals surface area contributed by atoms with Gasteiger partial charge >= 0.3 is 5.97 Å². The largest absolute Gasteiger partial charge is 0.402 e. The molecule has 0 aliphatic carbocycles. The third-order valence-electron chi connectivity index (χ3n) is 3.99. The molecule has 0 bridgehead atoms. The van der Waals surface area contributed by atoms with Crippen LogP contribution in [0.5, 0.6) is 0 Å². The molecule has 4 rings (SSSR count). The highest BCUT2D eigenvalue weighted by atomic mass is 35.5. The fourth-order valence-electron chi connectivity index (χ4n) is 2.78. The van der Waals surface area contributed by atoms with Gasteiger partial charge in [0, 0.05) is 29.1 Å². The Hall–Kier alpha value is -2.85. The van der Waals surface area contributed by atoms with E-state index in [9.17, 15) is 4.79 Å².